The Bertz CT molecular complexity index is 621. The molecule has 19 heavy (non-hydrogen) atoms. The molecule has 1 amide bonds. The summed E-state index contributed by atoms with van der Waals surface area (Å²) in [6.45, 7) is 1.49. The van der Waals surface area contributed by atoms with Crippen LogP contribution in [0.4, 0.5) is 11.4 Å². The van der Waals surface area contributed by atoms with E-state index >= 15 is 0 Å². The summed E-state index contributed by atoms with van der Waals surface area (Å²) in [4.78, 5) is 27.0. The van der Waals surface area contributed by atoms with Crippen LogP contribution in [-0.2, 0) is 0 Å². The van der Waals surface area contributed by atoms with Gasteiger partial charge in [-0.3, -0.25) is 9.59 Å². The molecule has 0 fully saturated rings. The van der Waals surface area contributed by atoms with Crippen LogP contribution in [0.2, 0.25) is 0 Å². The van der Waals surface area contributed by atoms with E-state index in [1.807, 2.05) is 0 Å². The third-order valence-electron chi connectivity index (χ3n) is 2.60. The lowest BCUT2D eigenvalue weighted by Gasteiger charge is -2.06. The maximum atomic E-state index is 11.9. The lowest BCUT2D eigenvalue weighted by atomic mass is 10.1. The number of Topliss-reactive ketones (excluding diaryl/α,β-unsaturated/α-hetero) is 1. The second-order valence-electron chi connectivity index (χ2n) is 4.03. The molecule has 0 radical (unpaired) electrons. The number of carbonyl (C=O) groups is 2. The number of nitrogens with one attached hydrogen (secondary N) is 1. The van der Waals surface area contributed by atoms with Gasteiger partial charge in [-0.2, -0.15) is 0 Å². The zero-order valence-corrected chi connectivity index (χ0v) is 10.4. The number of nitrogens with two attached hydrogens (primary N) is 1. The highest BCUT2D eigenvalue weighted by Crippen LogP contribution is 2.13. The van der Waals surface area contributed by atoms with Crippen molar-refractivity contribution >= 4 is 23.1 Å². The maximum absolute atomic E-state index is 11.9. The van der Waals surface area contributed by atoms with E-state index in [2.05, 4.69) is 10.3 Å². The van der Waals surface area contributed by atoms with Gasteiger partial charge in [0, 0.05) is 17.4 Å². The summed E-state index contributed by atoms with van der Waals surface area (Å²) in [5.74, 6) is -0.402. The number of rotatable bonds is 3. The van der Waals surface area contributed by atoms with Gasteiger partial charge >= 0.3 is 0 Å². The Balaban J connectivity index is 2.15. The number of benzene rings is 1. The predicted octanol–water partition coefficient (Wildman–Crippen LogP) is 2.12. The molecule has 96 valence electrons. The zero-order chi connectivity index (χ0) is 13.8. The van der Waals surface area contributed by atoms with Crippen molar-refractivity contribution in [2.24, 2.45) is 0 Å². The number of pyridine rings is 1. The van der Waals surface area contributed by atoms with Gasteiger partial charge in [-0.15, -0.1) is 0 Å². The second-order valence-corrected chi connectivity index (χ2v) is 4.03. The van der Waals surface area contributed by atoms with Gasteiger partial charge in [0.05, 0.1) is 5.69 Å². The van der Waals surface area contributed by atoms with Crippen LogP contribution in [0.5, 0.6) is 0 Å². The first-order valence-electron chi connectivity index (χ1n) is 5.71. The molecule has 1 heterocycles. The van der Waals surface area contributed by atoms with Crippen molar-refractivity contribution in [1.29, 1.82) is 0 Å². The van der Waals surface area contributed by atoms with E-state index < -0.39 is 0 Å². The third-order valence-corrected chi connectivity index (χ3v) is 2.60. The molecule has 5 nitrogen and oxygen atoms in total. The second kappa shape index (κ2) is 5.30. The minimum absolute atomic E-state index is 0.0214. The van der Waals surface area contributed by atoms with E-state index in [1.54, 1.807) is 36.4 Å². The summed E-state index contributed by atoms with van der Waals surface area (Å²) in [5.41, 5.74) is 7.35. The van der Waals surface area contributed by atoms with Gasteiger partial charge in [-0.25, -0.2) is 4.98 Å². The number of amides is 1. The molecule has 2 aromatic rings. The van der Waals surface area contributed by atoms with E-state index in [9.17, 15) is 9.59 Å². The summed E-state index contributed by atoms with van der Waals surface area (Å²) in [6, 6.07) is 9.90. The number of aromatic nitrogens is 1. The van der Waals surface area contributed by atoms with E-state index in [1.165, 1.54) is 13.1 Å². The van der Waals surface area contributed by atoms with E-state index in [-0.39, 0.29) is 17.4 Å². The first-order chi connectivity index (χ1) is 9.08. The van der Waals surface area contributed by atoms with Gasteiger partial charge in [0.1, 0.15) is 0 Å². The summed E-state index contributed by atoms with van der Waals surface area (Å²) >= 11 is 0. The molecule has 0 aliphatic heterocycles. The lowest BCUT2D eigenvalue weighted by molar-refractivity contribution is 0.101. The molecule has 0 bridgehead atoms. The molecule has 0 saturated heterocycles. The van der Waals surface area contributed by atoms with Crippen LogP contribution in [0.15, 0.2) is 42.6 Å². The number of ketones is 1. The Labute approximate surface area is 110 Å². The molecule has 0 spiro atoms. The highest BCUT2D eigenvalue weighted by molar-refractivity contribution is 6.06. The molecule has 0 aliphatic carbocycles. The van der Waals surface area contributed by atoms with Gasteiger partial charge in [-0.05, 0) is 43.3 Å². The average molecular weight is 255 g/mol. The summed E-state index contributed by atoms with van der Waals surface area (Å²) in [6.07, 6.45) is 1.50. The van der Waals surface area contributed by atoms with Crippen molar-refractivity contribution in [3.63, 3.8) is 0 Å². The molecule has 1 aromatic carbocycles. The topological polar surface area (TPSA) is 85.1 Å². The summed E-state index contributed by atoms with van der Waals surface area (Å²) < 4.78 is 0. The number of nitrogens with zero attached hydrogens (tertiary/aromatic N) is 1. The van der Waals surface area contributed by atoms with Crippen molar-refractivity contribution in [3.8, 4) is 0 Å². The number of nitrogen functional groups attached to an aromatic ring is 1. The first kappa shape index (κ1) is 12.8. The van der Waals surface area contributed by atoms with Crippen molar-refractivity contribution in [1.82, 2.24) is 4.98 Å². The van der Waals surface area contributed by atoms with Crippen LogP contribution in [0.1, 0.15) is 27.8 Å². The molecule has 5 heteroatoms. The Hall–Kier alpha value is -2.69. The largest absolute Gasteiger partial charge is 0.397 e. The molecule has 0 unspecified atom stereocenters. The highest BCUT2D eigenvalue weighted by atomic mass is 16.2. The molecule has 2 rings (SSSR count). The quantitative estimate of drug-likeness (QED) is 0.822. The Morgan fingerprint density at radius 2 is 1.84 bits per heavy atom. The SMILES string of the molecule is CC(=O)c1ccc(NC(=O)c2ncccc2N)cc1. The predicted molar refractivity (Wildman–Crippen MR) is 73.0 cm³/mol. The summed E-state index contributed by atoms with van der Waals surface area (Å²) in [7, 11) is 0. The number of anilines is 2. The minimum atomic E-state index is -0.381. The Kier molecular flexibility index (Phi) is 3.56. The van der Waals surface area contributed by atoms with Crippen LogP contribution >= 0.6 is 0 Å². The molecule has 0 atom stereocenters. The van der Waals surface area contributed by atoms with Crippen LogP contribution in [0.25, 0.3) is 0 Å². The average Bonchev–Trinajstić information content (AvgIpc) is 2.39. The highest BCUT2D eigenvalue weighted by Gasteiger charge is 2.10. The minimum Gasteiger partial charge on any atom is -0.397 e. The van der Waals surface area contributed by atoms with E-state index in [0.29, 0.717) is 16.9 Å². The molecule has 0 saturated carbocycles. The van der Waals surface area contributed by atoms with Crippen LogP contribution in [0.3, 0.4) is 0 Å². The van der Waals surface area contributed by atoms with Crippen LogP contribution < -0.4 is 11.1 Å². The molecule has 3 N–H and O–H groups in total. The molecular weight excluding hydrogens is 242 g/mol. The van der Waals surface area contributed by atoms with Crippen molar-refractivity contribution < 1.29 is 9.59 Å². The van der Waals surface area contributed by atoms with Gasteiger partial charge in [0.2, 0.25) is 0 Å². The smallest absolute Gasteiger partial charge is 0.276 e. The Morgan fingerprint density at radius 3 is 2.42 bits per heavy atom. The number of carbonyl (C=O) groups excluding carboxylic acids is 2. The van der Waals surface area contributed by atoms with E-state index in [4.69, 9.17) is 5.73 Å². The first-order valence-corrected chi connectivity index (χ1v) is 5.71. The fourth-order valence-corrected chi connectivity index (χ4v) is 1.59. The standard InChI is InChI=1S/C14H13N3O2/c1-9(18)10-4-6-11(7-5-10)17-14(19)13-12(15)3-2-8-16-13/h2-8H,15H2,1H3,(H,17,19). The Morgan fingerprint density at radius 1 is 1.16 bits per heavy atom. The van der Waals surface area contributed by atoms with Gasteiger partial charge in [0.15, 0.2) is 11.5 Å². The monoisotopic (exact) mass is 255 g/mol. The normalized spacial score (nSPS) is 9.95. The van der Waals surface area contributed by atoms with Crippen LogP contribution in [0, 0.1) is 0 Å². The zero-order valence-electron chi connectivity index (χ0n) is 10.4. The van der Waals surface area contributed by atoms with E-state index in [0.717, 1.165) is 0 Å². The fourth-order valence-electron chi connectivity index (χ4n) is 1.59. The maximum Gasteiger partial charge on any atom is 0.276 e. The number of hydrogen-bond donors (Lipinski definition) is 2. The van der Waals surface area contributed by atoms with Gasteiger partial charge in [0.25, 0.3) is 5.91 Å². The van der Waals surface area contributed by atoms with Crippen molar-refractivity contribution in [2.75, 3.05) is 11.1 Å². The molecule has 0 aliphatic rings. The third kappa shape index (κ3) is 2.95. The summed E-state index contributed by atoms with van der Waals surface area (Å²) in [5, 5.41) is 2.67. The van der Waals surface area contributed by atoms with Crippen molar-refractivity contribution in [2.45, 2.75) is 6.92 Å². The lowest BCUT2D eigenvalue weighted by Crippen LogP contribution is -2.15. The molecular formula is C14H13N3O2. The van der Waals surface area contributed by atoms with Crippen molar-refractivity contribution in [3.05, 3.63) is 53.9 Å². The van der Waals surface area contributed by atoms with Gasteiger partial charge < -0.3 is 11.1 Å². The molecule has 1 aromatic heterocycles. The van der Waals surface area contributed by atoms with Gasteiger partial charge in [-0.1, -0.05) is 0 Å². The number of hydrogen-bond acceptors (Lipinski definition) is 4. The fraction of sp³-hybridized carbons (Fsp3) is 0.0714. The van der Waals surface area contributed by atoms with Crippen LogP contribution in [-0.4, -0.2) is 16.7 Å².